The van der Waals surface area contributed by atoms with E-state index in [1.165, 1.54) is 12.1 Å². The molecule has 0 aromatic heterocycles. The van der Waals surface area contributed by atoms with Gasteiger partial charge < -0.3 is 10.5 Å². The van der Waals surface area contributed by atoms with E-state index < -0.39 is 5.54 Å². The van der Waals surface area contributed by atoms with Gasteiger partial charge in [-0.2, -0.15) is 0 Å². The fourth-order valence-electron chi connectivity index (χ4n) is 2.42. The Morgan fingerprint density at radius 1 is 1.10 bits per heavy atom. The zero-order valence-corrected chi connectivity index (χ0v) is 12.8. The van der Waals surface area contributed by atoms with Crippen LogP contribution in [-0.2, 0) is 12.0 Å². The Bertz CT molecular complexity index is 590. The van der Waals surface area contributed by atoms with E-state index in [0.29, 0.717) is 6.42 Å². The average molecular weight is 287 g/mol. The summed E-state index contributed by atoms with van der Waals surface area (Å²) in [5.74, 6) is 0.570. The van der Waals surface area contributed by atoms with Crippen molar-refractivity contribution < 1.29 is 9.13 Å². The first-order valence-corrected chi connectivity index (χ1v) is 7.18. The van der Waals surface area contributed by atoms with Crippen LogP contribution in [-0.4, -0.2) is 6.10 Å². The monoisotopic (exact) mass is 287 g/mol. The Kier molecular flexibility index (Phi) is 4.63. The number of rotatable bonds is 5. The van der Waals surface area contributed by atoms with Crippen LogP contribution < -0.4 is 10.5 Å². The molecule has 0 heterocycles. The quantitative estimate of drug-likeness (QED) is 0.901. The highest BCUT2D eigenvalue weighted by Gasteiger charge is 2.25. The number of ether oxygens (including phenoxy) is 1. The van der Waals surface area contributed by atoms with E-state index in [9.17, 15) is 4.39 Å². The maximum absolute atomic E-state index is 13.0. The molecule has 0 spiro atoms. The van der Waals surface area contributed by atoms with Crippen LogP contribution in [0.1, 0.15) is 31.9 Å². The lowest BCUT2D eigenvalue weighted by atomic mass is 9.86. The van der Waals surface area contributed by atoms with Crippen LogP contribution in [0.4, 0.5) is 4.39 Å². The molecular weight excluding hydrogens is 265 g/mol. The second-order valence-corrected chi connectivity index (χ2v) is 5.88. The third-order valence-corrected chi connectivity index (χ3v) is 3.35. The molecule has 1 unspecified atom stereocenters. The lowest BCUT2D eigenvalue weighted by Crippen LogP contribution is -2.36. The van der Waals surface area contributed by atoms with Crippen molar-refractivity contribution in [1.82, 2.24) is 0 Å². The van der Waals surface area contributed by atoms with Gasteiger partial charge in [0, 0.05) is 11.1 Å². The lowest BCUT2D eigenvalue weighted by Gasteiger charge is -2.28. The fourth-order valence-corrected chi connectivity index (χ4v) is 2.42. The topological polar surface area (TPSA) is 35.2 Å². The second kappa shape index (κ2) is 6.27. The molecule has 2 aromatic rings. The summed E-state index contributed by atoms with van der Waals surface area (Å²) in [6, 6.07) is 14.3. The van der Waals surface area contributed by atoms with Crippen molar-refractivity contribution in [3.63, 3.8) is 0 Å². The molecule has 0 saturated heterocycles. The summed E-state index contributed by atoms with van der Waals surface area (Å²) in [6.07, 6.45) is 0.707. The Hall–Kier alpha value is -1.87. The van der Waals surface area contributed by atoms with Gasteiger partial charge >= 0.3 is 0 Å². The highest BCUT2D eigenvalue weighted by molar-refractivity contribution is 5.40. The minimum absolute atomic E-state index is 0.0905. The molecule has 2 nitrogen and oxygen atoms in total. The molecule has 0 bridgehead atoms. The molecule has 0 fully saturated rings. The molecule has 0 amide bonds. The Morgan fingerprint density at radius 2 is 1.71 bits per heavy atom. The molecule has 0 radical (unpaired) electrons. The highest BCUT2D eigenvalue weighted by atomic mass is 19.1. The number of hydrogen-bond acceptors (Lipinski definition) is 2. The van der Waals surface area contributed by atoms with Crippen molar-refractivity contribution in [1.29, 1.82) is 0 Å². The Morgan fingerprint density at radius 3 is 2.33 bits per heavy atom. The average Bonchev–Trinajstić information content (AvgIpc) is 2.41. The molecule has 2 N–H and O–H groups in total. The molecule has 0 aliphatic rings. The minimum atomic E-state index is -0.580. The molecule has 2 aromatic carbocycles. The molecule has 0 aliphatic heterocycles. The van der Waals surface area contributed by atoms with E-state index in [-0.39, 0.29) is 11.9 Å². The van der Waals surface area contributed by atoms with Gasteiger partial charge in [-0.3, -0.25) is 0 Å². The van der Waals surface area contributed by atoms with Gasteiger partial charge in [-0.15, -0.1) is 0 Å². The summed E-state index contributed by atoms with van der Waals surface area (Å²) in [5.41, 5.74) is 7.89. The van der Waals surface area contributed by atoms with Crippen LogP contribution in [0.2, 0.25) is 0 Å². The Balaban J connectivity index is 2.28. The maximum atomic E-state index is 13.0. The first-order valence-electron chi connectivity index (χ1n) is 7.18. The van der Waals surface area contributed by atoms with E-state index in [2.05, 4.69) is 0 Å². The Labute approximate surface area is 125 Å². The predicted octanol–water partition coefficient (Wildman–Crippen LogP) is 4.03. The normalized spacial score (nSPS) is 14.0. The van der Waals surface area contributed by atoms with E-state index in [4.69, 9.17) is 10.5 Å². The van der Waals surface area contributed by atoms with E-state index >= 15 is 0 Å². The van der Waals surface area contributed by atoms with Gasteiger partial charge in [0.05, 0.1) is 6.10 Å². The van der Waals surface area contributed by atoms with Crippen molar-refractivity contribution in [3.05, 3.63) is 65.5 Å². The van der Waals surface area contributed by atoms with E-state index in [1.807, 2.05) is 45.0 Å². The molecular formula is C18H22FNO. The molecule has 0 aliphatic carbocycles. The van der Waals surface area contributed by atoms with Crippen molar-refractivity contribution in [2.45, 2.75) is 38.8 Å². The first kappa shape index (κ1) is 15.5. The molecule has 112 valence electrons. The second-order valence-electron chi connectivity index (χ2n) is 5.88. The molecule has 21 heavy (non-hydrogen) atoms. The van der Waals surface area contributed by atoms with Gasteiger partial charge in [0.2, 0.25) is 0 Å². The van der Waals surface area contributed by atoms with Crippen LogP contribution in [0.5, 0.6) is 5.75 Å². The van der Waals surface area contributed by atoms with Crippen molar-refractivity contribution in [3.8, 4) is 5.75 Å². The van der Waals surface area contributed by atoms with E-state index in [0.717, 1.165) is 16.9 Å². The van der Waals surface area contributed by atoms with Crippen LogP contribution >= 0.6 is 0 Å². The van der Waals surface area contributed by atoms with Gasteiger partial charge in [0.1, 0.15) is 11.6 Å². The number of hydrogen-bond donors (Lipinski definition) is 1. The van der Waals surface area contributed by atoms with Gasteiger partial charge in [-0.25, -0.2) is 4.39 Å². The zero-order chi connectivity index (χ0) is 15.5. The summed E-state index contributed by atoms with van der Waals surface area (Å²) in [5, 5.41) is 0. The summed E-state index contributed by atoms with van der Waals surface area (Å²) >= 11 is 0. The standard InChI is InChI=1S/C18H22FNO/c1-13(2)21-17-7-5-4-6-16(17)18(3,20)12-14-8-10-15(19)11-9-14/h4-11,13H,12,20H2,1-3H3. The van der Waals surface area contributed by atoms with Crippen LogP contribution in [0.15, 0.2) is 48.5 Å². The summed E-state index contributed by atoms with van der Waals surface area (Å²) in [6.45, 7) is 5.95. The fraction of sp³-hybridized carbons (Fsp3) is 0.333. The number of para-hydroxylation sites is 1. The van der Waals surface area contributed by atoms with Crippen LogP contribution in [0, 0.1) is 5.82 Å². The lowest BCUT2D eigenvalue weighted by molar-refractivity contribution is 0.235. The first-order chi connectivity index (χ1) is 9.88. The maximum Gasteiger partial charge on any atom is 0.124 e. The third kappa shape index (κ3) is 4.05. The summed E-state index contributed by atoms with van der Waals surface area (Å²) in [7, 11) is 0. The zero-order valence-electron chi connectivity index (χ0n) is 12.8. The van der Waals surface area contributed by atoms with Crippen LogP contribution in [0.25, 0.3) is 0 Å². The van der Waals surface area contributed by atoms with Gasteiger partial charge in [-0.1, -0.05) is 30.3 Å². The molecule has 3 heteroatoms. The van der Waals surface area contributed by atoms with Crippen LogP contribution in [0.3, 0.4) is 0 Å². The van der Waals surface area contributed by atoms with Gasteiger partial charge in [0.15, 0.2) is 0 Å². The molecule has 0 saturated carbocycles. The van der Waals surface area contributed by atoms with Crippen molar-refractivity contribution >= 4 is 0 Å². The molecule has 2 rings (SSSR count). The minimum Gasteiger partial charge on any atom is -0.491 e. The smallest absolute Gasteiger partial charge is 0.124 e. The van der Waals surface area contributed by atoms with Crippen molar-refractivity contribution in [2.24, 2.45) is 5.73 Å². The summed E-state index contributed by atoms with van der Waals surface area (Å²) < 4.78 is 18.8. The predicted molar refractivity (Wildman–Crippen MR) is 83.8 cm³/mol. The largest absolute Gasteiger partial charge is 0.491 e. The number of benzene rings is 2. The molecule has 1 atom stereocenters. The summed E-state index contributed by atoms with van der Waals surface area (Å²) in [4.78, 5) is 0. The number of nitrogens with two attached hydrogens (primary N) is 1. The third-order valence-electron chi connectivity index (χ3n) is 3.35. The number of halogens is 1. The van der Waals surface area contributed by atoms with Gasteiger partial charge in [-0.05, 0) is 51.0 Å². The highest BCUT2D eigenvalue weighted by Crippen LogP contribution is 2.31. The van der Waals surface area contributed by atoms with Gasteiger partial charge in [0.25, 0.3) is 0 Å². The SMILES string of the molecule is CC(C)Oc1ccccc1C(C)(N)Cc1ccc(F)cc1. The van der Waals surface area contributed by atoms with E-state index in [1.54, 1.807) is 12.1 Å². The van der Waals surface area contributed by atoms with Crippen molar-refractivity contribution in [2.75, 3.05) is 0 Å².